The fourth-order valence-electron chi connectivity index (χ4n) is 0.556. The van der Waals surface area contributed by atoms with Gasteiger partial charge in [0.2, 0.25) is 6.08 Å². The molecule has 2 aromatic heterocycles. The highest BCUT2D eigenvalue weighted by atomic mass is 16.1. The maximum Gasteiger partial charge on any atom is 0.242 e. The molecule has 0 spiro atoms. The van der Waals surface area contributed by atoms with E-state index in [9.17, 15) is 4.79 Å². The van der Waals surface area contributed by atoms with Gasteiger partial charge in [-0.3, -0.25) is 0 Å². The molecule has 0 saturated carbocycles. The number of carbonyl (C=O) groups excluding carboxylic acids is 1. The molecular formula is C7H6N6O. The number of isocyanates is 1. The summed E-state index contributed by atoms with van der Waals surface area (Å²) in [5, 5.41) is 9.99. The third kappa shape index (κ3) is 3.84. The molecule has 0 bridgehead atoms. The van der Waals surface area contributed by atoms with Gasteiger partial charge in [0.05, 0.1) is 12.5 Å². The Kier molecular flexibility index (Phi) is 4.26. The van der Waals surface area contributed by atoms with Crippen molar-refractivity contribution in [3.63, 3.8) is 0 Å². The van der Waals surface area contributed by atoms with E-state index in [2.05, 4.69) is 30.4 Å². The van der Waals surface area contributed by atoms with Crippen LogP contribution in [0.5, 0.6) is 0 Å². The molecule has 0 saturated heterocycles. The zero-order valence-electron chi connectivity index (χ0n) is 7.03. The van der Waals surface area contributed by atoms with Gasteiger partial charge in [-0.05, 0) is 5.21 Å². The monoisotopic (exact) mass is 190 g/mol. The van der Waals surface area contributed by atoms with Gasteiger partial charge in [-0.1, -0.05) is 0 Å². The summed E-state index contributed by atoms with van der Waals surface area (Å²) in [5.74, 6) is 0.222. The Bertz CT molecular complexity index is 363. The molecule has 7 heteroatoms. The van der Waals surface area contributed by atoms with Crippen LogP contribution in [0.15, 0.2) is 36.0 Å². The van der Waals surface area contributed by atoms with Crippen molar-refractivity contribution in [2.45, 2.75) is 0 Å². The fourth-order valence-corrected chi connectivity index (χ4v) is 0.556. The van der Waals surface area contributed by atoms with E-state index in [0.29, 0.717) is 0 Å². The molecular weight excluding hydrogens is 184 g/mol. The van der Waals surface area contributed by atoms with Crippen LogP contribution in [0, 0.1) is 0 Å². The highest BCUT2D eigenvalue weighted by Gasteiger charge is 1.84. The Hall–Kier alpha value is -2.40. The Labute approximate surface area is 78.9 Å². The van der Waals surface area contributed by atoms with E-state index in [1.807, 2.05) is 0 Å². The number of H-pyrrole nitrogens is 1. The first-order chi connectivity index (χ1) is 6.93. The van der Waals surface area contributed by atoms with E-state index in [1.165, 1.54) is 18.3 Å². The van der Waals surface area contributed by atoms with Crippen LogP contribution in [0.25, 0.3) is 0 Å². The molecule has 0 atom stereocenters. The Morgan fingerprint density at radius 2 is 2.36 bits per heavy atom. The fraction of sp³-hybridized carbons (Fsp3) is 0. The van der Waals surface area contributed by atoms with Crippen molar-refractivity contribution >= 4 is 11.9 Å². The van der Waals surface area contributed by atoms with Gasteiger partial charge in [0.25, 0.3) is 0 Å². The van der Waals surface area contributed by atoms with Crippen molar-refractivity contribution in [2.24, 2.45) is 4.99 Å². The van der Waals surface area contributed by atoms with Crippen LogP contribution in [-0.2, 0) is 4.79 Å². The van der Waals surface area contributed by atoms with Crippen LogP contribution in [0.4, 0.5) is 5.82 Å². The summed E-state index contributed by atoms with van der Waals surface area (Å²) in [6.07, 6.45) is 7.80. The van der Waals surface area contributed by atoms with Crippen molar-refractivity contribution in [3.8, 4) is 0 Å². The van der Waals surface area contributed by atoms with Crippen LogP contribution in [-0.4, -0.2) is 31.5 Å². The lowest BCUT2D eigenvalue weighted by Gasteiger charge is -1.79. The summed E-state index contributed by atoms with van der Waals surface area (Å²) in [4.78, 5) is 19.2. The van der Waals surface area contributed by atoms with E-state index in [-0.39, 0.29) is 5.82 Å². The molecule has 2 heterocycles. The van der Waals surface area contributed by atoms with E-state index in [0.717, 1.165) is 0 Å². The molecule has 7 nitrogen and oxygen atoms in total. The second-order valence-corrected chi connectivity index (χ2v) is 1.94. The highest BCUT2D eigenvalue weighted by Crippen LogP contribution is 1.98. The van der Waals surface area contributed by atoms with Crippen molar-refractivity contribution in [1.82, 2.24) is 25.4 Å². The predicted molar refractivity (Wildman–Crippen MR) is 46.2 cm³/mol. The molecule has 14 heavy (non-hydrogen) atoms. The maximum atomic E-state index is 9.59. The zero-order chi connectivity index (χ0) is 10.1. The molecule has 0 fully saturated rings. The Morgan fingerprint density at radius 1 is 1.43 bits per heavy atom. The minimum Gasteiger partial charge on any atom is -0.351 e. The molecule has 0 radical (unpaired) electrons. The highest BCUT2D eigenvalue weighted by molar-refractivity contribution is 5.42. The summed E-state index contributed by atoms with van der Waals surface area (Å²) in [5.41, 5.74) is 0. The number of hydrogen-bond donors (Lipinski definition) is 1. The second-order valence-electron chi connectivity index (χ2n) is 1.94. The number of hydrogen-bond acceptors (Lipinski definition) is 6. The molecule has 0 aliphatic carbocycles. The minimum absolute atomic E-state index is 0.222. The first kappa shape index (κ1) is 9.69. The second kappa shape index (κ2) is 6.15. The number of aliphatic imine (C=N–C) groups is 1. The van der Waals surface area contributed by atoms with E-state index >= 15 is 0 Å². The van der Waals surface area contributed by atoms with Crippen LogP contribution >= 0.6 is 0 Å². The SMILES string of the molecule is O=C=Nc1ccnnn1.c1c[nH]cn1. The lowest BCUT2D eigenvalue weighted by Crippen LogP contribution is -1.81. The number of rotatable bonds is 1. The predicted octanol–water partition coefficient (Wildman–Crippen LogP) is 0.249. The number of nitrogens with zero attached hydrogens (tertiary/aromatic N) is 5. The summed E-state index contributed by atoms with van der Waals surface area (Å²) in [6, 6.07) is 1.46. The molecule has 70 valence electrons. The minimum atomic E-state index is 0.222. The molecule has 0 unspecified atom stereocenters. The summed E-state index contributed by atoms with van der Waals surface area (Å²) < 4.78 is 0. The van der Waals surface area contributed by atoms with Gasteiger partial charge in [0, 0.05) is 18.5 Å². The Morgan fingerprint density at radius 3 is 2.79 bits per heavy atom. The van der Waals surface area contributed by atoms with Crippen LogP contribution in [0.1, 0.15) is 0 Å². The molecule has 1 N–H and O–H groups in total. The van der Waals surface area contributed by atoms with Crippen LogP contribution < -0.4 is 0 Å². The standard InChI is InChI=1S/C4H2N4O.C3H4N2/c9-3-5-4-1-2-6-8-7-4;1-2-5-3-4-1/h1-2H;1-3H,(H,4,5). The van der Waals surface area contributed by atoms with Gasteiger partial charge in [-0.25, -0.2) is 9.78 Å². The number of nitrogens with one attached hydrogen (secondary N) is 1. The third-order valence-corrected chi connectivity index (χ3v) is 1.06. The number of aromatic nitrogens is 5. The third-order valence-electron chi connectivity index (χ3n) is 1.06. The number of aromatic amines is 1. The molecule has 0 aliphatic heterocycles. The first-order valence-electron chi connectivity index (χ1n) is 3.58. The number of imidazole rings is 1. The molecule has 0 amide bonds. The largest absolute Gasteiger partial charge is 0.351 e. The topological polar surface area (TPSA) is 96.8 Å². The van der Waals surface area contributed by atoms with Gasteiger partial charge >= 0.3 is 0 Å². The molecule has 0 aliphatic rings. The smallest absolute Gasteiger partial charge is 0.242 e. The first-order valence-corrected chi connectivity index (χ1v) is 3.58. The molecule has 0 aromatic carbocycles. The van der Waals surface area contributed by atoms with Gasteiger partial charge < -0.3 is 4.98 Å². The van der Waals surface area contributed by atoms with Crippen molar-refractivity contribution < 1.29 is 4.79 Å². The van der Waals surface area contributed by atoms with E-state index in [1.54, 1.807) is 18.7 Å². The van der Waals surface area contributed by atoms with Gasteiger partial charge in [-0.15, -0.1) is 15.2 Å². The van der Waals surface area contributed by atoms with Crippen LogP contribution in [0.2, 0.25) is 0 Å². The normalized spacial score (nSPS) is 8.00. The Balaban J connectivity index is 0.000000165. The average Bonchev–Trinajstić information content (AvgIpc) is 2.78. The molecule has 2 aromatic rings. The summed E-state index contributed by atoms with van der Waals surface area (Å²) >= 11 is 0. The van der Waals surface area contributed by atoms with Crippen molar-refractivity contribution in [1.29, 1.82) is 0 Å². The maximum absolute atomic E-state index is 9.59. The molecule has 2 rings (SSSR count). The van der Waals surface area contributed by atoms with Crippen molar-refractivity contribution in [3.05, 3.63) is 31.0 Å². The van der Waals surface area contributed by atoms with Crippen LogP contribution in [0.3, 0.4) is 0 Å². The average molecular weight is 190 g/mol. The van der Waals surface area contributed by atoms with E-state index in [4.69, 9.17) is 0 Å². The summed E-state index contributed by atoms with van der Waals surface area (Å²) in [7, 11) is 0. The van der Waals surface area contributed by atoms with Crippen molar-refractivity contribution in [2.75, 3.05) is 0 Å². The quantitative estimate of drug-likeness (QED) is 0.513. The lowest BCUT2D eigenvalue weighted by molar-refractivity contribution is 0.565. The zero-order valence-corrected chi connectivity index (χ0v) is 7.03. The van der Waals surface area contributed by atoms with Gasteiger partial charge in [-0.2, -0.15) is 0 Å². The van der Waals surface area contributed by atoms with Gasteiger partial charge in [0.1, 0.15) is 0 Å². The summed E-state index contributed by atoms with van der Waals surface area (Å²) in [6.45, 7) is 0. The lowest BCUT2D eigenvalue weighted by atomic mass is 10.6. The van der Waals surface area contributed by atoms with E-state index < -0.39 is 0 Å². The van der Waals surface area contributed by atoms with Gasteiger partial charge in [0.15, 0.2) is 5.82 Å².